The third kappa shape index (κ3) is 4.27. The number of pyridine rings is 1. The van der Waals surface area contributed by atoms with Crippen LogP contribution in [0.5, 0.6) is 5.88 Å². The maximum atomic E-state index is 5.64. The second-order valence-electron chi connectivity index (χ2n) is 3.73. The Bertz CT molecular complexity index is 307. The number of nitrogens with zero attached hydrogens (tertiary/aromatic N) is 2. The maximum absolute atomic E-state index is 5.64. The van der Waals surface area contributed by atoms with Gasteiger partial charge in [-0.05, 0) is 18.9 Å². The van der Waals surface area contributed by atoms with Crippen LogP contribution in [0.25, 0.3) is 0 Å². The zero-order valence-corrected chi connectivity index (χ0v) is 10.7. The third-order valence-electron chi connectivity index (χ3n) is 2.50. The molecule has 1 heterocycles. The van der Waals surface area contributed by atoms with Crippen LogP contribution in [0.2, 0.25) is 0 Å². The second kappa shape index (κ2) is 7.34. The summed E-state index contributed by atoms with van der Waals surface area (Å²) in [4.78, 5) is 6.29. The molecule has 0 atom stereocenters. The zero-order chi connectivity index (χ0) is 11.8. The van der Waals surface area contributed by atoms with E-state index in [-0.39, 0.29) is 0 Å². The van der Waals surface area contributed by atoms with Gasteiger partial charge in [-0.15, -0.1) is 11.6 Å². The summed E-state index contributed by atoms with van der Waals surface area (Å²) in [5.41, 5.74) is 1.14. The van der Waals surface area contributed by atoms with Gasteiger partial charge in [-0.3, -0.25) is 0 Å². The Kier molecular flexibility index (Phi) is 6.01. The van der Waals surface area contributed by atoms with Gasteiger partial charge in [0.2, 0.25) is 5.88 Å². The topological polar surface area (TPSA) is 25.4 Å². The first-order valence-electron chi connectivity index (χ1n) is 5.55. The van der Waals surface area contributed by atoms with Gasteiger partial charge >= 0.3 is 0 Å². The number of hydrogen-bond acceptors (Lipinski definition) is 3. The van der Waals surface area contributed by atoms with Crippen molar-refractivity contribution in [2.24, 2.45) is 0 Å². The highest BCUT2D eigenvalue weighted by Gasteiger charge is 2.02. The molecule has 3 nitrogen and oxygen atoms in total. The number of hydrogen-bond donors (Lipinski definition) is 0. The van der Waals surface area contributed by atoms with Crippen LogP contribution in [0.15, 0.2) is 18.3 Å². The Hall–Kier alpha value is -0.960. The lowest BCUT2D eigenvalue weighted by molar-refractivity contribution is 0.398. The number of ether oxygens (including phenoxy) is 1. The molecule has 0 saturated carbocycles. The standard InChI is InChI=1S/C12H19ClN2O/c1-15(9-5-3-4-7-13)11-6-8-14-12(10-11)16-2/h6,8,10H,3-5,7,9H2,1-2H3. The lowest BCUT2D eigenvalue weighted by Crippen LogP contribution is -2.18. The number of aromatic nitrogens is 1. The van der Waals surface area contributed by atoms with Crippen LogP contribution >= 0.6 is 11.6 Å². The Morgan fingerprint density at radius 3 is 2.88 bits per heavy atom. The number of rotatable bonds is 7. The summed E-state index contributed by atoms with van der Waals surface area (Å²) in [5, 5.41) is 0. The average Bonchev–Trinajstić information content (AvgIpc) is 2.34. The second-order valence-corrected chi connectivity index (χ2v) is 4.11. The van der Waals surface area contributed by atoms with E-state index in [4.69, 9.17) is 16.3 Å². The Morgan fingerprint density at radius 2 is 2.19 bits per heavy atom. The van der Waals surface area contributed by atoms with Crippen LogP contribution in [0.4, 0.5) is 5.69 Å². The SMILES string of the molecule is COc1cc(N(C)CCCCCCl)ccn1. The minimum atomic E-state index is 0.658. The minimum Gasteiger partial charge on any atom is -0.481 e. The van der Waals surface area contributed by atoms with Crippen molar-refractivity contribution in [3.05, 3.63) is 18.3 Å². The van der Waals surface area contributed by atoms with Crippen LogP contribution < -0.4 is 9.64 Å². The van der Waals surface area contributed by atoms with E-state index in [9.17, 15) is 0 Å². The Morgan fingerprint density at radius 1 is 1.38 bits per heavy atom. The van der Waals surface area contributed by atoms with Crippen LogP contribution in [-0.2, 0) is 0 Å². The van der Waals surface area contributed by atoms with E-state index in [1.54, 1.807) is 13.3 Å². The van der Waals surface area contributed by atoms with E-state index in [2.05, 4.69) is 16.9 Å². The first-order chi connectivity index (χ1) is 7.77. The fraction of sp³-hybridized carbons (Fsp3) is 0.583. The van der Waals surface area contributed by atoms with Crippen LogP contribution in [0.1, 0.15) is 19.3 Å². The lowest BCUT2D eigenvalue weighted by Gasteiger charge is -2.19. The van der Waals surface area contributed by atoms with Crippen molar-refractivity contribution in [3.8, 4) is 5.88 Å². The molecule has 0 saturated heterocycles. The molecule has 1 rings (SSSR count). The van der Waals surface area contributed by atoms with Crippen LogP contribution in [0, 0.1) is 0 Å². The molecule has 0 spiro atoms. The molecule has 1 aromatic rings. The number of unbranched alkanes of at least 4 members (excludes halogenated alkanes) is 2. The van der Waals surface area contributed by atoms with Crippen LogP contribution in [0.3, 0.4) is 0 Å². The summed E-state index contributed by atoms with van der Waals surface area (Å²) in [6, 6.07) is 3.94. The summed E-state index contributed by atoms with van der Waals surface area (Å²) in [5.74, 6) is 1.41. The molecule has 4 heteroatoms. The van der Waals surface area contributed by atoms with Gasteiger partial charge in [-0.2, -0.15) is 0 Å². The van der Waals surface area contributed by atoms with Gasteiger partial charge in [0.1, 0.15) is 0 Å². The number of methoxy groups -OCH3 is 1. The van der Waals surface area contributed by atoms with Crippen molar-refractivity contribution >= 4 is 17.3 Å². The fourth-order valence-corrected chi connectivity index (χ4v) is 1.69. The minimum absolute atomic E-state index is 0.658. The molecule has 1 aromatic heterocycles. The van der Waals surface area contributed by atoms with Crippen molar-refractivity contribution in [2.75, 3.05) is 31.5 Å². The van der Waals surface area contributed by atoms with E-state index in [1.165, 1.54) is 6.42 Å². The van der Waals surface area contributed by atoms with Crippen molar-refractivity contribution < 1.29 is 4.74 Å². The smallest absolute Gasteiger partial charge is 0.214 e. The summed E-state index contributed by atoms with van der Waals surface area (Å²) < 4.78 is 5.09. The molecule has 0 aliphatic rings. The molecule has 0 aliphatic heterocycles. The van der Waals surface area contributed by atoms with Crippen molar-refractivity contribution in [1.82, 2.24) is 4.98 Å². The summed E-state index contributed by atoms with van der Waals surface area (Å²) in [7, 11) is 3.71. The molecule has 0 fully saturated rings. The predicted octanol–water partition coefficient (Wildman–Crippen LogP) is 2.94. The Labute approximate surface area is 102 Å². The van der Waals surface area contributed by atoms with E-state index < -0.39 is 0 Å². The number of anilines is 1. The molecule has 0 radical (unpaired) electrons. The van der Waals surface area contributed by atoms with Crippen molar-refractivity contribution in [1.29, 1.82) is 0 Å². The molecule has 0 unspecified atom stereocenters. The first kappa shape index (κ1) is 13.1. The predicted molar refractivity (Wildman–Crippen MR) is 68.6 cm³/mol. The molecule has 0 N–H and O–H groups in total. The van der Waals surface area contributed by atoms with Gasteiger partial charge < -0.3 is 9.64 Å². The fourth-order valence-electron chi connectivity index (χ4n) is 1.50. The van der Waals surface area contributed by atoms with Crippen molar-refractivity contribution in [3.63, 3.8) is 0 Å². The molecular formula is C12H19ClN2O. The number of alkyl halides is 1. The van der Waals surface area contributed by atoms with E-state index in [0.29, 0.717) is 5.88 Å². The highest BCUT2D eigenvalue weighted by Crippen LogP contribution is 2.17. The highest BCUT2D eigenvalue weighted by molar-refractivity contribution is 6.17. The molecule has 90 valence electrons. The largest absolute Gasteiger partial charge is 0.481 e. The monoisotopic (exact) mass is 242 g/mol. The molecule has 0 bridgehead atoms. The van der Waals surface area contributed by atoms with Crippen LogP contribution in [-0.4, -0.2) is 31.6 Å². The van der Waals surface area contributed by atoms with Gasteiger partial charge in [0.05, 0.1) is 7.11 Å². The first-order valence-corrected chi connectivity index (χ1v) is 6.08. The van der Waals surface area contributed by atoms with E-state index >= 15 is 0 Å². The van der Waals surface area contributed by atoms with Gasteiger partial charge in [0, 0.05) is 37.4 Å². The summed E-state index contributed by atoms with van der Waals surface area (Å²) in [6.45, 7) is 1.03. The van der Waals surface area contributed by atoms with E-state index in [1.807, 2.05) is 12.1 Å². The summed E-state index contributed by atoms with van der Waals surface area (Å²) in [6.07, 6.45) is 5.20. The van der Waals surface area contributed by atoms with Crippen molar-refractivity contribution in [2.45, 2.75) is 19.3 Å². The maximum Gasteiger partial charge on any atom is 0.214 e. The highest BCUT2D eigenvalue weighted by atomic mass is 35.5. The van der Waals surface area contributed by atoms with Gasteiger partial charge in [0.25, 0.3) is 0 Å². The summed E-state index contributed by atoms with van der Waals surface area (Å²) >= 11 is 5.64. The quantitative estimate of drug-likeness (QED) is 0.543. The zero-order valence-electron chi connectivity index (χ0n) is 9.95. The molecule has 16 heavy (non-hydrogen) atoms. The number of halogens is 1. The molecular weight excluding hydrogens is 224 g/mol. The van der Waals surface area contributed by atoms with E-state index in [0.717, 1.165) is 31.0 Å². The molecule has 0 aliphatic carbocycles. The molecule has 0 amide bonds. The lowest BCUT2D eigenvalue weighted by atomic mass is 10.2. The Balaban J connectivity index is 2.42. The molecule has 0 aromatic carbocycles. The normalized spacial score (nSPS) is 10.2. The van der Waals surface area contributed by atoms with Gasteiger partial charge in [-0.25, -0.2) is 4.98 Å². The third-order valence-corrected chi connectivity index (χ3v) is 2.76. The van der Waals surface area contributed by atoms with Gasteiger partial charge in [0.15, 0.2) is 0 Å². The van der Waals surface area contributed by atoms with Gasteiger partial charge in [-0.1, -0.05) is 6.42 Å². The average molecular weight is 243 g/mol.